The van der Waals surface area contributed by atoms with Crippen molar-refractivity contribution in [1.82, 2.24) is 15.6 Å². The van der Waals surface area contributed by atoms with E-state index in [4.69, 9.17) is 0 Å². The van der Waals surface area contributed by atoms with Crippen LogP contribution in [-0.4, -0.2) is 35.2 Å². The molecule has 24 heavy (non-hydrogen) atoms. The Morgan fingerprint density at radius 3 is 2.54 bits per heavy atom. The first-order valence-corrected chi connectivity index (χ1v) is 8.80. The minimum atomic E-state index is -0.603. The van der Waals surface area contributed by atoms with Gasteiger partial charge in [-0.1, -0.05) is 32.6 Å². The summed E-state index contributed by atoms with van der Waals surface area (Å²) in [7, 11) is 0. The molecule has 138 valence electrons. The van der Waals surface area contributed by atoms with Crippen LogP contribution >= 0.6 is 24.0 Å². The molecule has 2 unspecified atom stereocenters. The van der Waals surface area contributed by atoms with Gasteiger partial charge in [-0.3, -0.25) is 9.98 Å². The first-order valence-electron chi connectivity index (χ1n) is 8.80. The fourth-order valence-electron chi connectivity index (χ4n) is 2.37. The van der Waals surface area contributed by atoms with Crippen molar-refractivity contribution < 1.29 is 5.11 Å². The fourth-order valence-corrected chi connectivity index (χ4v) is 2.37. The fraction of sp³-hybridized carbons (Fsp3) is 0.667. The second-order valence-electron chi connectivity index (χ2n) is 5.91. The first kappa shape index (κ1) is 23.1. The molecular formula is C18H33IN4O. The molecule has 0 aliphatic heterocycles. The van der Waals surface area contributed by atoms with Crippen LogP contribution in [0.5, 0.6) is 0 Å². The highest BCUT2D eigenvalue weighted by Crippen LogP contribution is 2.11. The minimum Gasteiger partial charge on any atom is -0.386 e. The molecule has 1 aromatic heterocycles. The van der Waals surface area contributed by atoms with E-state index in [1.165, 1.54) is 25.7 Å². The maximum atomic E-state index is 10.2. The summed E-state index contributed by atoms with van der Waals surface area (Å²) in [4.78, 5) is 8.46. The standard InChI is InChI=1S/C18H32N4O.HI/c1-4-6-7-8-9-15(3)22-18(20-5-2)21-14-17(23)16-10-12-19-13-11-16;/h10-13,15,17,23H,4-9,14H2,1-3H3,(H2,20,21,22);1H. The topological polar surface area (TPSA) is 69.5 Å². The van der Waals surface area contributed by atoms with Crippen molar-refractivity contribution in [3.05, 3.63) is 30.1 Å². The van der Waals surface area contributed by atoms with Gasteiger partial charge in [0.15, 0.2) is 5.96 Å². The van der Waals surface area contributed by atoms with E-state index < -0.39 is 6.10 Å². The normalized spacial score (nSPS) is 13.8. The molecule has 1 aromatic rings. The Balaban J connectivity index is 0.00000529. The van der Waals surface area contributed by atoms with E-state index in [2.05, 4.69) is 34.5 Å². The summed E-state index contributed by atoms with van der Waals surface area (Å²) in [6.45, 7) is 7.59. The first-order chi connectivity index (χ1) is 11.2. The highest BCUT2D eigenvalue weighted by Gasteiger charge is 2.08. The summed E-state index contributed by atoms with van der Waals surface area (Å²) < 4.78 is 0. The Kier molecular flexibility index (Phi) is 13.9. The zero-order valence-electron chi connectivity index (χ0n) is 15.2. The maximum Gasteiger partial charge on any atom is 0.191 e. The Bertz CT molecular complexity index is 442. The second-order valence-corrected chi connectivity index (χ2v) is 5.91. The smallest absolute Gasteiger partial charge is 0.191 e. The van der Waals surface area contributed by atoms with Gasteiger partial charge in [0.25, 0.3) is 0 Å². The Morgan fingerprint density at radius 1 is 1.21 bits per heavy atom. The summed E-state index contributed by atoms with van der Waals surface area (Å²) in [5, 5.41) is 16.8. The number of halogens is 1. The SMILES string of the molecule is CCCCCCC(C)NC(=NCC(O)c1ccncc1)NCC.I. The van der Waals surface area contributed by atoms with Crippen LogP contribution in [0.2, 0.25) is 0 Å². The molecule has 0 spiro atoms. The highest BCUT2D eigenvalue weighted by atomic mass is 127. The number of unbranched alkanes of at least 4 members (excludes halogenated alkanes) is 3. The molecule has 1 rings (SSSR count). The van der Waals surface area contributed by atoms with Gasteiger partial charge < -0.3 is 15.7 Å². The van der Waals surface area contributed by atoms with Crippen LogP contribution in [0.25, 0.3) is 0 Å². The van der Waals surface area contributed by atoms with Crippen molar-refractivity contribution in [3.8, 4) is 0 Å². The molecule has 2 atom stereocenters. The molecule has 0 aliphatic carbocycles. The molecule has 6 heteroatoms. The van der Waals surface area contributed by atoms with E-state index in [1.807, 2.05) is 19.1 Å². The molecular weight excluding hydrogens is 415 g/mol. The van der Waals surface area contributed by atoms with Crippen molar-refractivity contribution in [3.63, 3.8) is 0 Å². The zero-order valence-corrected chi connectivity index (χ0v) is 17.5. The van der Waals surface area contributed by atoms with Crippen LogP contribution in [0.1, 0.15) is 64.5 Å². The maximum absolute atomic E-state index is 10.2. The van der Waals surface area contributed by atoms with Crippen LogP contribution in [0.3, 0.4) is 0 Å². The van der Waals surface area contributed by atoms with E-state index in [-0.39, 0.29) is 24.0 Å². The number of aliphatic imine (C=N–C) groups is 1. The number of aliphatic hydroxyl groups is 1. The quantitative estimate of drug-likeness (QED) is 0.221. The van der Waals surface area contributed by atoms with Crippen molar-refractivity contribution in [2.24, 2.45) is 4.99 Å². The molecule has 0 radical (unpaired) electrons. The van der Waals surface area contributed by atoms with Gasteiger partial charge in [-0.2, -0.15) is 0 Å². The van der Waals surface area contributed by atoms with Crippen LogP contribution in [0, 0.1) is 0 Å². The number of rotatable bonds is 10. The summed E-state index contributed by atoms with van der Waals surface area (Å²) >= 11 is 0. The molecule has 0 saturated carbocycles. The minimum absolute atomic E-state index is 0. The van der Waals surface area contributed by atoms with Gasteiger partial charge in [0.05, 0.1) is 12.6 Å². The van der Waals surface area contributed by atoms with Crippen molar-refractivity contribution in [2.45, 2.75) is 65.0 Å². The molecule has 0 fully saturated rings. The third-order valence-corrected chi connectivity index (χ3v) is 3.73. The van der Waals surface area contributed by atoms with Gasteiger partial charge in [0.2, 0.25) is 0 Å². The van der Waals surface area contributed by atoms with Gasteiger partial charge in [0.1, 0.15) is 0 Å². The van der Waals surface area contributed by atoms with Gasteiger partial charge in [-0.05, 0) is 38.0 Å². The van der Waals surface area contributed by atoms with E-state index in [0.717, 1.165) is 24.5 Å². The van der Waals surface area contributed by atoms with Crippen molar-refractivity contribution in [2.75, 3.05) is 13.1 Å². The molecule has 0 bridgehead atoms. The lowest BCUT2D eigenvalue weighted by Gasteiger charge is -2.18. The molecule has 3 N–H and O–H groups in total. The average Bonchev–Trinajstić information content (AvgIpc) is 2.57. The number of aromatic nitrogens is 1. The van der Waals surface area contributed by atoms with Crippen LogP contribution < -0.4 is 10.6 Å². The van der Waals surface area contributed by atoms with Gasteiger partial charge >= 0.3 is 0 Å². The Morgan fingerprint density at radius 2 is 1.92 bits per heavy atom. The second kappa shape index (κ2) is 14.5. The summed E-state index contributed by atoms with van der Waals surface area (Å²) in [5.74, 6) is 0.767. The van der Waals surface area contributed by atoms with Crippen LogP contribution in [0.15, 0.2) is 29.5 Å². The molecule has 0 saturated heterocycles. The molecule has 0 amide bonds. The monoisotopic (exact) mass is 448 g/mol. The molecule has 0 aliphatic rings. The number of guanidine groups is 1. The van der Waals surface area contributed by atoms with Crippen LogP contribution in [-0.2, 0) is 0 Å². The highest BCUT2D eigenvalue weighted by molar-refractivity contribution is 14.0. The largest absolute Gasteiger partial charge is 0.386 e. The number of aliphatic hydroxyl groups excluding tert-OH is 1. The Labute approximate surface area is 163 Å². The van der Waals surface area contributed by atoms with Crippen LogP contribution in [0.4, 0.5) is 0 Å². The lowest BCUT2D eigenvalue weighted by atomic mass is 10.1. The number of hydrogen-bond acceptors (Lipinski definition) is 3. The van der Waals surface area contributed by atoms with Gasteiger partial charge in [0, 0.05) is 25.0 Å². The number of nitrogens with one attached hydrogen (secondary N) is 2. The van der Waals surface area contributed by atoms with E-state index in [9.17, 15) is 5.11 Å². The van der Waals surface area contributed by atoms with Crippen molar-refractivity contribution >= 4 is 29.9 Å². The number of hydrogen-bond donors (Lipinski definition) is 3. The van der Waals surface area contributed by atoms with Gasteiger partial charge in [-0.25, -0.2) is 0 Å². The average molecular weight is 448 g/mol. The van der Waals surface area contributed by atoms with E-state index in [0.29, 0.717) is 12.6 Å². The number of nitrogens with zero attached hydrogens (tertiary/aromatic N) is 2. The summed E-state index contributed by atoms with van der Waals surface area (Å²) in [5.41, 5.74) is 0.840. The third-order valence-electron chi connectivity index (χ3n) is 3.73. The predicted octanol–water partition coefficient (Wildman–Crippen LogP) is 3.65. The lowest BCUT2D eigenvalue weighted by Crippen LogP contribution is -2.42. The number of pyridine rings is 1. The lowest BCUT2D eigenvalue weighted by molar-refractivity contribution is 0.187. The summed E-state index contributed by atoms with van der Waals surface area (Å²) in [6, 6.07) is 4.01. The molecule has 1 heterocycles. The third kappa shape index (κ3) is 10.1. The molecule has 5 nitrogen and oxygen atoms in total. The van der Waals surface area contributed by atoms with E-state index >= 15 is 0 Å². The van der Waals surface area contributed by atoms with E-state index in [1.54, 1.807) is 12.4 Å². The summed E-state index contributed by atoms with van der Waals surface area (Å²) in [6.07, 6.45) is 9.00. The Hall–Kier alpha value is -0.890. The molecule has 0 aromatic carbocycles. The zero-order chi connectivity index (χ0) is 16.9. The van der Waals surface area contributed by atoms with Crippen molar-refractivity contribution in [1.29, 1.82) is 0 Å². The predicted molar refractivity (Wildman–Crippen MR) is 112 cm³/mol. The van der Waals surface area contributed by atoms with Gasteiger partial charge in [-0.15, -0.1) is 24.0 Å².